The number of carbonyl (C=O) groups excluding carboxylic acids is 1. The average Bonchev–Trinajstić information content (AvgIpc) is 3.44. The summed E-state index contributed by atoms with van der Waals surface area (Å²) in [4.78, 5) is 29.7. The van der Waals surface area contributed by atoms with Crippen LogP contribution < -0.4 is 10.6 Å². The molecule has 0 saturated carbocycles. The maximum atomic E-state index is 12.5. The van der Waals surface area contributed by atoms with Crippen molar-refractivity contribution >= 4 is 39.7 Å². The van der Waals surface area contributed by atoms with Gasteiger partial charge in [0, 0.05) is 52.5 Å². The first kappa shape index (κ1) is 18.8. The first-order valence-electron chi connectivity index (χ1n) is 9.38. The Morgan fingerprint density at radius 3 is 2.84 bits per heavy atom. The molecule has 1 amide bonds. The van der Waals surface area contributed by atoms with Crippen LogP contribution in [-0.4, -0.2) is 35.5 Å². The Balaban J connectivity index is 1.46. The van der Waals surface area contributed by atoms with Gasteiger partial charge in [-0.3, -0.25) is 15.1 Å². The minimum absolute atomic E-state index is 0.228. The molecular weight excluding hydrogens is 412 g/mol. The van der Waals surface area contributed by atoms with Crippen LogP contribution in [-0.2, 0) is 0 Å². The van der Waals surface area contributed by atoms with Crippen molar-refractivity contribution in [2.45, 2.75) is 6.92 Å². The minimum Gasteiger partial charge on any atom is -0.340 e. The number of benzene rings is 1. The summed E-state index contributed by atoms with van der Waals surface area (Å²) < 4.78 is 1.64. The van der Waals surface area contributed by atoms with E-state index < -0.39 is 0 Å². The van der Waals surface area contributed by atoms with Crippen LogP contribution in [0.5, 0.6) is 0 Å². The molecule has 0 spiro atoms. The van der Waals surface area contributed by atoms with Crippen molar-refractivity contribution in [3.05, 3.63) is 77.7 Å². The standard InChI is InChI=1S/C21H16N8OS/c1-13-10-17(29-20(24-13)26-18(28-29)15-5-3-7-22-12-15)25-16-6-2-4-14(11-16)19(30)27-21-23-8-9-31-21/h2-12,25H,1H3,(H,23,27,30). The largest absolute Gasteiger partial charge is 0.340 e. The van der Waals surface area contributed by atoms with Crippen LogP contribution >= 0.6 is 11.3 Å². The number of hydrogen-bond acceptors (Lipinski definition) is 8. The number of amides is 1. The second-order valence-corrected chi connectivity index (χ2v) is 7.56. The Morgan fingerprint density at radius 1 is 1.10 bits per heavy atom. The molecule has 1 aromatic carbocycles. The van der Waals surface area contributed by atoms with E-state index in [9.17, 15) is 4.79 Å². The number of nitrogens with zero attached hydrogens (tertiary/aromatic N) is 6. The lowest BCUT2D eigenvalue weighted by Crippen LogP contribution is -2.12. The van der Waals surface area contributed by atoms with Crippen LogP contribution in [0.3, 0.4) is 0 Å². The molecule has 4 aromatic heterocycles. The Bertz CT molecular complexity index is 1370. The molecule has 152 valence electrons. The Hall–Kier alpha value is -4.18. The number of rotatable bonds is 5. The molecule has 0 unspecified atom stereocenters. The van der Waals surface area contributed by atoms with Crippen LogP contribution in [0.15, 0.2) is 66.4 Å². The summed E-state index contributed by atoms with van der Waals surface area (Å²) >= 11 is 1.37. The third kappa shape index (κ3) is 3.96. The number of thiazole rings is 1. The normalized spacial score (nSPS) is 10.9. The van der Waals surface area contributed by atoms with Gasteiger partial charge in [0.25, 0.3) is 11.7 Å². The molecule has 9 nitrogen and oxygen atoms in total. The number of hydrogen-bond donors (Lipinski definition) is 2. The molecule has 0 bridgehead atoms. The predicted molar refractivity (Wildman–Crippen MR) is 119 cm³/mol. The van der Waals surface area contributed by atoms with E-state index in [0.29, 0.717) is 28.1 Å². The first-order chi connectivity index (χ1) is 15.2. The summed E-state index contributed by atoms with van der Waals surface area (Å²) in [5, 5.41) is 13.1. The van der Waals surface area contributed by atoms with Crippen molar-refractivity contribution in [3.8, 4) is 11.4 Å². The maximum Gasteiger partial charge on any atom is 0.257 e. The van der Waals surface area contributed by atoms with Crippen LogP contribution in [0.25, 0.3) is 17.2 Å². The number of pyridine rings is 1. The fraction of sp³-hybridized carbons (Fsp3) is 0.0476. The van der Waals surface area contributed by atoms with Crippen molar-refractivity contribution in [1.29, 1.82) is 0 Å². The van der Waals surface area contributed by atoms with Gasteiger partial charge < -0.3 is 5.32 Å². The monoisotopic (exact) mass is 428 g/mol. The van der Waals surface area contributed by atoms with Gasteiger partial charge in [0.1, 0.15) is 5.82 Å². The summed E-state index contributed by atoms with van der Waals surface area (Å²) in [6, 6.07) is 12.8. The van der Waals surface area contributed by atoms with Crippen LogP contribution in [0.2, 0.25) is 0 Å². The molecule has 2 N–H and O–H groups in total. The fourth-order valence-corrected chi connectivity index (χ4v) is 3.56. The highest BCUT2D eigenvalue weighted by atomic mass is 32.1. The molecule has 0 aliphatic carbocycles. The fourth-order valence-electron chi connectivity index (χ4n) is 3.03. The van der Waals surface area contributed by atoms with Gasteiger partial charge in [0.05, 0.1) is 0 Å². The van der Waals surface area contributed by atoms with Gasteiger partial charge in [-0.15, -0.1) is 16.4 Å². The van der Waals surface area contributed by atoms with Gasteiger partial charge >= 0.3 is 0 Å². The molecule has 5 aromatic rings. The molecule has 31 heavy (non-hydrogen) atoms. The van der Waals surface area contributed by atoms with Gasteiger partial charge in [-0.05, 0) is 37.3 Å². The summed E-state index contributed by atoms with van der Waals surface area (Å²) in [5.74, 6) is 1.46. The lowest BCUT2D eigenvalue weighted by molar-refractivity contribution is 0.102. The smallest absolute Gasteiger partial charge is 0.257 e. The van der Waals surface area contributed by atoms with Crippen molar-refractivity contribution in [2.24, 2.45) is 0 Å². The molecular formula is C21H16N8OS. The molecule has 10 heteroatoms. The number of aryl methyl sites for hydroxylation is 1. The van der Waals surface area contributed by atoms with Crippen molar-refractivity contribution in [2.75, 3.05) is 10.6 Å². The summed E-state index contributed by atoms with van der Waals surface area (Å²) in [7, 11) is 0. The Morgan fingerprint density at radius 2 is 2.03 bits per heavy atom. The Kier molecular flexibility index (Phi) is 4.81. The van der Waals surface area contributed by atoms with Gasteiger partial charge in [0.15, 0.2) is 11.0 Å². The average molecular weight is 428 g/mol. The van der Waals surface area contributed by atoms with Crippen molar-refractivity contribution in [3.63, 3.8) is 0 Å². The van der Waals surface area contributed by atoms with Gasteiger partial charge in [-0.1, -0.05) is 6.07 Å². The molecule has 0 aliphatic heterocycles. The summed E-state index contributed by atoms with van der Waals surface area (Å²) in [5.41, 5.74) is 2.84. The minimum atomic E-state index is -0.228. The molecule has 0 saturated heterocycles. The topological polar surface area (TPSA) is 110 Å². The van der Waals surface area contributed by atoms with Gasteiger partial charge in [0.2, 0.25) is 0 Å². The SMILES string of the molecule is Cc1cc(Nc2cccc(C(=O)Nc3nccs3)c2)n2nc(-c3cccnc3)nc2n1. The zero-order valence-corrected chi connectivity index (χ0v) is 17.2. The predicted octanol–water partition coefficient (Wildman–Crippen LogP) is 3.95. The highest BCUT2D eigenvalue weighted by Crippen LogP contribution is 2.22. The Labute approximate surface area is 180 Å². The van der Waals surface area contributed by atoms with E-state index in [1.54, 1.807) is 35.2 Å². The zero-order chi connectivity index (χ0) is 21.2. The van der Waals surface area contributed by atoms with E-state index in [4.69, 9.17) is 0 Å². The quantitative estimate of drug-likeness (QED) is 0.436. The summed E-state index contributed by atoms with van der Waals surface area (Å²) in [6.45, 7) is 1.89. The number of anilines is 3. The lowest BCUT2D eigenvalue weighted by Gasteiger charge is -2.10. The molecule has 0 fully saturated rings. The van der Waals surface area contributed by atoms with E-state index in [1.807, 2.05) is 42.6 Å². The number of carbonyl (C=O) groups is 1. The molecule has 0 atom stereocenters. The van der Waals surface area contributed by atoms with E-state index in [0.717, 1.165) is 16.9 Å². The number of aromatic nitrogens is 6. The van der Waals surface area contributed by atoms with Crippen LogP contribution in [0.1, 0.15) is 16.1 Å². The summed E-state index contributed by atoms with van der Waals surface area (Å²) in [6.07, 6.45) is 5.05. The second kappa shape index (κ2) is 7.92. The molecule has 4 heterocycles. The van der Waals surface area contributed by atoms with Crippen LogP contribution in [0.4, 0.5) is 16.6 Å². The highest BCUT2D eigenvalue weighted by molar-refractivity contribution is 7.13. The number of nitrogens with one attached hydrogen (secondary N) is 2. The van der Waals surface area contributed by atoms with Crippen LogP contribution in [0, 0.1) is 6.92 Å². The molecule has 5 rings (SSSR count). The van der Waals surface area contributed by atoms with E-state index in [1.165, 1.54) is 11.3 Å². The molecule has 0 aliphatic rings. The van der Waals surface area contributed by atoms with Crippen molar-refractivity contribution < 1.29 is 4.79 Å². The zero-order valence-electron chi connectivity index (χ0n) is 16.4. The third-order valence-electron chi connectivity index (χ3n) is 4.41. The van der Waals surface area contributed by atoms with E-state index in [2.05, 4.69) is 35.7 Å². The van der Waals surface area contributed by atoms with Gasteiger partial charge in [-0.25, -0.2) is 9.97 Å². The maximum absolute atomic E-state index is 12.5. The third-order valence-corrected chi connectivity index (χ3v) is 5.10. The van der Waals surface area contributed by atoms with E-state index in [-0.39, 0.29) is 5.91 Å². The van der Waals surface area contributed by atoms with Crippen molar-refractivity contribution in [1.82, 2.24) is 29.5 Å². The van der Waals surface area contributed by atoms with E-state index >= 15 is 0 Å². The molecule has 0 radical (unpaired) electrons. The lowest BCUT2D eigenvalue weighted by atomic mass is 10.2. The first-order valence-corrected chi connectivity index (χ1v) is 10.3. The highest BCUT2D eigenvalue weighted by Gasteiger charge is 2.13. The second-order valence-electron chi connectivity index (χ2n) is 6.67. The number of fused-ring (bicyclic) bond motifs is 1. The van der Waals surface area contributed by atoms with Gasteiger partial charge in [-0.2, -0.15) is 9.50 Å².